The molecule has 156 valence electrons. The third-order valence-corrected chi connectivity index (χ3v) is 3.95. The van der Waals surface area contributed by atoms with Crippen LogP contribution in [0.2, 0.25) is 5.02 Å². The van der Waals surface area contributed by atoms with Gasteiger partial charge >= 0.3 is 12.1 Å². The molecule has 0 aliphatic carbocycles. The summed E-state index contributed by atoms with van der Waals surface area (Å²) < 4.78 is 23.2. The van der Waals surface area contributed by atoms with E-state index in [0.717, 1.165) is 6.26 Å². The molecule has 3 rings (SSSR count). The highest BCUT2D eigenvalue weighted by molar-refractivity contribution is 6.34. The summed E-state index contributed by atoms with van der Waals surface area (Å²) in [7, 11) is 0. The van der Waals surface area contributed by atoms with Gasteiger partial charge in [-0.3, -0.25) is 4.79 Å². The van der Waals surface area contributed by atoms with Crippen molar-refractivity contribution in [2.24, 2.45) is 0 Å². The predicted molar refractivity (Wildman–Crippen MR) is 109 cm³/mol. The number of carbonyl (C=O) groups excluding carboxylic acids is 2. The monoisotopic (exact) mass is 432 g/mol. The van der Waals surface area contributed by atoms with Gasteiger partial charge in [0.05, 0.1) is 10.7 Å². The number of oxazole rings is 1. The van der Waals surface area contributed by atoms with Crippen LogP contribution in [0.15, 0.2) is 47.2 Å². The number of nitrogens with zero attached hydrogens (tertiary/aromatic N) is 2. The van der Waals surface area contributed by atoms with E-state index in [1.165, 1.54) is 12.3 Å². The molecule has 2 aromatic heterocycles. The minimum Gasteiger partial charge on any atom is -0.443 e. The summed E-state index contributed by atoms with van der Waals surface area (Å²) in [6, 6.07) is 7.53. The molecule has 1 aromatic carbocycles. The molecule has 2 heterocycles. The molecular formula is C20H18ClFN4O4. The molecule has 0 spiro atoms. The Labute approximate surface area is 176 Å². The quantitative estimate of drug-likeness (QED) is 0.553. The molecule has 0 saturated heterocycles. The van der Waals surface area contributed by atoms with Crippen molar-refractivity contribution in [1.29, 1.82) is 0 Å². The number of rotatable bonds is 4. The van der Waals surface area contributed by atoms with E-state index in [1.807, 2.05) is 0 Å². The van der Waals surface area contributed by atoms with Crippen LogP contribution in [-0.2, 0) is 4.74 Å². The second-order valence-electron chi connectivity index (χ2n) is 7.18. The van der Waals surface area contributed by atoms with Gasteiger partial charge in [-0.25, -0.2) is 15.1 Å². The average Bonchev–Trinajstić information content (AvgIpc) is 3.11. The van der Waals surface area contributed by atoms with Crippen molar-refractivity contribution in [1.82, 2.24) is 9.97 Å². The molecule has 0 aliphatic heterocycles. The second-order valence-corrected chi connectivity index (χ2v) is 7.59. The fraction of sp³-hybridized carbons (Fsp3) is 0.200. The molecule has 0 radical (unpaired) electrons. The average molecular weight is 433 g/mol. The third-order valence-electron chi connectivity index (χ3n) is 3.62. The lowest BCUT2D eigenvalue weighted by Crippen LogP contribution is -2.27. The van der Waals surface area contributed by atoms with Gasteiger partial charge in [0, 0.05) is 11.8 Å². The lowest BCUT2D eigenvalue weighted by Gasteiger charge is -2.18. The first-order chi connectivity index (χ1) is 14.1. The number of carbonyl (C=O) groups is 2. The smallest absolute Gasteiger partial charge is 0.415 e. The maximum Gasteiger partial charge on any atom is 0.415 e. The minimum atomic E-state index is -0.764. The number of ether oxygens (including phenoxy) is 1. The number of amides is 2. The van der Waals surface area contributed by atoms with Crippen molar-refractivity contribution < 1.29 is 23.1 Å². The minimum absolute atomic E-state index is 0.0778. The Bertz CT molecular complexity index is 1080. The van der Waals surface area contributed by atoms with Gasteiger partial charge in [0.25, 0.3) is 5.91 Å². The van der Waals surface area contributed by atoms with Crippen molar-refractivity contribution in [3.05, 3.63) is 59.5 Å². The van der Waals surface area contributed by atoms with Crippen LogP contribution in [0, 0.1) is 5.95 Å². The van der Waals surface area contributed by atoms with Crippen LogP contribution in [0.5, 0.6) is 0 Å². The highest BCUT2D eigenvalue weighted by atomic mass is 35.5. The molecule has 0 fully saturated rings. The number of halogens is 2. The summed E-state index contributed by atoms with van der Waals surface area (Å²) in [6.45, 7) is 5.13. The molecule has 0 atom stereocenters. The summed E-state index contributed by atoms with van der Waals surface area (Å²) in [6.07, 6.45) is 1.69. The van der Waals surface area contributed by atoms with E-state index in [9.17, 15) is 14.0 Å². The van der Waals surface area contributed by atoms with Crippen LogP contribution in [0.1, 0.15) is 31.3 Å². The Balaban J connectivity index is 1.72. The summed E-state index contributed by atoms with van der Waals surface area (Å²) in [4.78, 5) is 31.8. The topological polar surface area (TPSA) is 106 Å². The first-order valence-electron chi connectivity index (χ1n) is 8.79. The van der Waals surface area contributed by atoms with Crippen molar-refractivity contribution in [2.45, 2.75) is 26.4 Å². The maximum absolute atomic E-state index is 13.0. The summed E-state index contributed by atoms with van der Waals surface area (Å²) >= 11 is 6.17. The van der Waals surface area contributed by atoms with Gasteiger partial charge in [-0.1, -0.05) is 17.7 Å². The van der Waals surface area contributed by atoms with E-state index >= 15 is 0 Å². The van der Waals surface area contributed by atoms with Gasteiger partial charge in [-0.15, -0.1) is 0 Å². The van der Waals surface area contributed by atoms with Crippen LogP contribution < -0.4 is 10.6 Å². The molecule has 8 nitrogen and oxygen atoms in total. The summed E-state index contributed by atoms with van der Waals surface area (Å²) in [5.74, 6) is -1.20. The van der Waals surface area contributed by atoms with E-state index in [4.69, 9.17) is 20.8 Å². The Morgan fingerprint density at radius 2 is 1.87 bits per heavy atom. The third kappa shape index (κ3) is 5.54. The van der Waals surface area contributed by atoms with E-state index in [-0.39, 0.29) is 16.7 Å². The largest absolute Gasteiger partial charge is 0.443 e. The molecule has 10 heteroatoms. The first kappa shape index (κ1) is 21.3. The molecule has 2 N–H and O–H groups in total. The fourth-order valence-corrected chi connectivity index (χ4v) is 2.52. The Morgan fingerprint density at radius 1 is 1.13 bits per heavy atom. The fourth-order valence-electron chi connectivity index (χ4n) is 2.36. The molecule has 0 unspecified atom stereocenters. The second kappa shape index (κ2) is 8.50. The summed E-state index contributed by atoms with van der Waals surface area (Å²) in [5.41, 5.74) is 0.862. The van der Waals surface area contributed by atoms with Crippen molar-refractivity contribution >= 4 is 35.3 Å². The number of pyridine rings is 1. The molecule has 0 aliphatic rings. The molecule has 0 saturated carbocycles. The van der Waals surface area contributed by atoms with Gasteiger partial charge in [-0.05, 0) is 50.6 Å². The standard InChI is InChI=1S/C20H18ClFN4O4/c1-20(2,3)30-19(28)26-18-25-15(10-29-18)17(27)24-14-8-11(4-6-13(14)21)12-5-7-16(22)23-9-12/h4-10H,1-3H3,(H,24,27)(H,25,26,28). The zero-order chi connectivity index (χ0) is 21.9. The number of nitrogens with one attached hydrogen (secondary N) is 2. The highest BCUT2D eigenvalue weighted by Gasteiger charge is 2.20. The van der Waals surface area contributed by atoms with Gasteiger partial charge in [-0.2, -0.15) is 9.37 Å². The molecule has 2 amide bonds. The van der Waals surface area contributed by atoms with Crippen molar-refractivity contribution in [2.75, 3.05) is 10.6 Å². The normalized spacial score (nSPS) is 11.1. The van der Waals surface area contributed by atoms with Crippen LogP contribution in [0.4, 0.5) is 20.9 Å². The molecule has 30 heavy (non-hydrogen) atoms. The predicted octanol–water partition coefficient (Wildman–Crippen LogP) is 5.13. The van der Waals surface area contributed by atoms with E-state index in [2.05, 4.69) is 20.6 Å². The first-order valence-corrected chi connectivity index (χ1v) is 9.17. The van der Waals surface area contributed by atoms with Gasteiger partial charge in [0.2, 0.25) is 5.95 Å². The zero-order valence-corrected chi connectivity index (χ0v) is 17.1. The summed E-state index contributed by atoms with van der Waals surface area (Å²) in [5, 5.41) is 5.21. The number of aromatic nitrogens is 2. The maximum atomic E-state index is 13.0. The Kier molecular flexibility index (Phi) is 6.02. The Morgan fingerprint density at radius 3 is 2.53 bits per heavy atom. The van der Waals surface area contributed by atoms with Gasteiger partial charge in [0.15, 0.2) is 5.69 Å². The number of hydrogen-bond acceptors (Lipinski definition) is 6. The van der Waals surface area contributed by atoms with E-state index in [1.54, 1.807) is 45.0 Å². The lowest BCUT2D eigenvalue weighted by atomic mass is 10.1. The molecule has 0 bridgehead atoms. The number of anilines is 2. The SMILES string of the molecule is CC(C)(C)OC(=O)Nc1nc(C(=O)Nc2cc(-c3ccc(F)nc3)ccc2Cl)co1. The van der Waals surface area contributed by atoms with Crippen LogP contribution in [0.3, 0.4) is 0 Å². The van der Waals surface area contributed by atoms with E-state index < -0.39 is 23.5 Å². The van der Waals surface area contributed by atoms with Crippen molar-refractivity contribution in [3.63, 3.8) is 0 Å². The highest BCUT2D eigenvalue weighted by Crippen LogP contribution is 2.29. The van der Waals surface area contributed by atoms with Crippen molar-refractivity contribution in [3.8, 4) is 11.1 Å². The van der Waals surface area contributed by atoms with E-state index in [0.29, 0.717) is 16.8 Å². The lowest BCUT2D eigenvalue weighted by molar-refractivity contribution is 0.0631. The zero-order valence-electron chi connectivity index (χ0n) is 16.3. The Hall–Kier alpha value is -3.46. The van der Waals surface area contributed by atoms with Crippen LogP contribution in [0.25, 0.3) is 11.1 Å². The molecule has 3 aromatic rings. The van der Waals surface area contributed by atoms with Crippen LogP contribution >= 0.6 is 11.6 Å². The van der Waals surface area contributed by atoms with Gasteiger partial charge < -0.3 is 14.5 Å². The number of benzene rings is 1. The van der Waals surface area contributed by atoms with Gasteiger partial charge in [0.1, 0.15) is 11.9 Å². The van der Waals surface area contributed by atoms with Crippen LogP contribution in [-0.4, -0.2) is 27.6 Å². The molecular weight excluding hydrogens is 415 g/mol. The number of hydrogen-bond donors (Lipinski definition) is 2.